The summed E-state index contributed by atoms with van der Waals surface area (Å²) in [5, 5.41) is 8.61. The molecule has 7 nitrogen and oxygen atoms in total. The molecule has 110 valence electrons. The predicted molar refractivity (Wildman–Crippen MR) is 80.9 cm³/mol. The van der Waals surface area contributed by atoms with E-state index in [2.05, 4.69) is 36.5 Å². The summed E-state index contributed by atoms with van der Waals surface area (Å²) in [6.45, 7) is 1.71. The number of halogens is 1. The van der Waals surface area contributed by atoms with E-state index < -0.39 is 0 Å². The Morgan fingerprint density at radius 3 is 2.70 bits per heavy atom. The SMILES string of the molecule is CN(C)CCn1ncc(Br)c1C(NN)c1cnn(C)c1. The molecule has 0 saturated carbocycles. The first kappa shape index (κ1) is 15.2. The van der Waals surface area contributed by atoms with Crippen LogP contribution in [0.5, 0.6) is 0 Å². The van der Waals surface area contributed by atoms with Crippen molar-refractivity contribution in [1.29, 1.82) is 0 Å². The third kappa shape index (κ3) is 3.26. The molecule has 2 heterocycles. The molecule has 2 aromatic rings. The number of rotatable bonds is 6. The van der Waals surface area contributed by atoms with Gasteiger partial charge in [-0.15, -0.1) is 0 Å². The molecule has 0 aromatic carbocycles. The first-order chi connectivity index (χ1) is 9.52. The highest BCUT2D eigenvalue weighted by molar-refractivity contribution is 9.10. The maximum atomic E-state index is 5.74. The van der Waals surface area contributed by atoms with Crippen LogP contribution in [0.15, 0.2) is 23.1 Å². The molecule has 2 rings (SSSR count). The van der Waals surface area contributed by atoms with Crippen molar-refractivity contribution in [3.8, 4) is 0 Å². The quantitative estimate of drug-likeness (QED) is 0.590. The fourth-order valence-electron chi connectivity index (χ4n) is 2.05. The molecule has 2 aromatic heterocycles. The summed E-state index contributed by atoms with van der Waals surface area (Å²) in [5.74, 6) is 5.74. The lowest BCUT2D eigenvalue weighted by atomic mass is 10.1. The standard InChI is InChI=1S/C12H20BrN7/c1-18(2)4-5-20-12(10(13)7-16-20)11(17-14)9-6-15-19(3)8-9/h6-8,11,17H,4-5,14H2,1-3H3. The third-order valence-electron chi connectivity index (χ3n) is 3.09. The number of aryl methyl sites for hydroxylation is 1. The van der Waals surface area contributed by atoms with Crippen LogP contribution in [0.3, 0.4) is 0 Å². The lowest BCUT2D eigenvalue weighted by molar-refractivity contribution is 0.365. The van der Waals surface area contributed by atoms with Crippen LogP contribution in [-0.4, -0.2) is 45.1 Å². The lowest BCUT2D eigenvalue weighted by Gasteiger charge is -2.18. The van der Waals surface area contributed by atoms with Gasteiger partial charge in [-0.25, -0.2) is 5.43 Å². The molecule has 0 radical (unpaired) electrons. The van der Waals surface area contributed by atoms with Gasteiger partial charge in [0, 0.05) is 25.4 Å². The summed E-state index contributed by atoms with van der Waals surface area (Å²) in [6, 6.07) is -0.150. The second-order valence-electron chi connectivity index (χ2n) is 4.95. The van der Waals surface area contributed by atoms with E-state index in [4.69, 9.17) is 5.84 Å². The zero-order valence-corrected chi connectivity index (χ0v) is 13.5. The van der Waals surface area contributed by atoms with Crippen LogP contribution < -0.4 is 11.3 Å². The number of aromatic nitrogens is 4. The lowest BCUT2D eigenvalue weighted by Crippen LogP contribution is -2.31. The van der Waals surface area contributed by atoms with Gasteiger partial charge >= 0.3 is 0 Å². The number of hydrazine groups is 1. The molecule has 3 N–H and O–H groups in total. The van der Waals surface area contributed by atoms with E-state index in [1.54, 1.807) is 17.1 Å². The first-order valence-electron chi connectivity index (χ1n) is 6.33. The van der Waals surface area contributed by atoms with Crippen molar-refractivity contribution < 1.29 is 0 Å². The Kier molecular flexibility index (Phi) is 4.92. The minimum atomic E-state index is -0.150. The van der Waals surface area contributed by atoms with Gasteiger partial charge in [0.2, 0.25) is 0 Å². The molecule has 0 aliphatic carbocycles. The zero-order chi connectivity index (χ0) is 14.7. The Labute approximate surface area is 126 Å². The van der Waals surface area contributed by atoms with Crippen molar-refractivity contribution in [2.45, 2.75) is 12.6 Å². The summed E-state index contributed by atoms with van der Waals surface area (Å²) in [5.41, 5.74) is 4.85. The smallest absolute Gasteiger partial charge is 0.0920 e. The highest BCUT2D eigenvalue weighted by Crippen LogP contribution is 2.27. The van der Waals surface area contributed by atoms with E-state index in [1.807, 2.05) is 32.0 Å². The number of nitrogens with two attached hydrogens (primary N) is 1. The van der Waals surface area contributed by atoms with Crippen LogP contribution in [0.2, 0.25) is 0 Å². The van der Waals surface area contributed by atoms with Crippen molar-refractivity contribution in [3.63, 3.8) is 0 Å². The minimum absolute atomic E-state index is 0.150. The fourth-order valence-corrected chi connectivity index (χ4v) is 2.58. The fraction of sp³-hybridized carbons (Fsp3) is 0.500. The molecule has 8 heteroatoms. The summed E-state index contributed by atoms with van der Waals surface area (Å²) < 4.78 is 4.65. The Balaban J connectivity index is 2.31. The molecular weight excluding hydrogens is 322 g/mol. The number of hydrogen-bond acceptors (Lipinski definition) is 5. The molecule has 0 bridgehead atoms. The van der Waals surface area contributed by atoms with Gasteiger partial charge < -0.3 is 4.90 Å². The van der Waals surface area contributed by atoms with Gasteiger partial charge in [-0.05, 0) is 30.0 Å². The molecule has 1 atom stereocenters. The van der Waals surface area contributed by atoms with E-state index in [0.717, 1.165) is 28.8 Å². The molecule has 20 heavy (non-hydrogen) atoms. The van der Waals surface area contributed by atoms with E-state index >= 15 is 0 Å². The van der Waals surface area contributed by atoms with Gasteiger partial charge in [0.05, 0.1) is 35.1 Å². The average molecular weight is 342 g/mol. The topological polar surface area (TPSA) is 76.9 Å². The van der Waals surface area contributed by atoms with Gasteiger partial charge in [0.1, 0.15) is 0 Å². The van der Waals surface area contributed by atoms with Gasteiger partial charge in [-0.1, -0.05) is 0 Å². The molecular formula is C12H20BrN7. The Morgan fingerprint density at radius 1 is 1.40 bits per heavy atom. The predicted octanol–water partition coefficient (Wildman–Crippen LogP) is 0.493. The van der Waals surface area contributed by atoms with Crippen LogP contribution in [0.25, 0.3) is 0 Å². The summed E-state index contributed by atoms with van der Waals surface area (Å²) >= 11 is 3.55. The van der Waals surface area contributed by atoms with Gasteiger partial charge in [0.25, 0.3) is 0 Å². The number of hydrogen-bond donors (Lipinski definition) is 2. The van der Waals surface area contributed by atoms with Crippen LogP contribution in [0.4, 0.5) is 0 Å². The van der Waals surface area contributed by atoms with E-state index in [-0.39, 0.29) is 6.04 Å². The zero-order valence-electron chi connectivity index (χ0n) is 11.9. The van der Waals surface area contributed by atoms with Crippen LogP contribution in [0, 0.1) is 0 Å². The van der Waals surface area contributed by atoms with Crippen molar-refractivity contribution in [2.75, 3.05) is 20.6 Å². The Hall–Kier alpha value is -1.22. The summed E-state index contributed by atoms with van der Waals surface area (Å²) in [7, 11) is 5.96. The second kappa shape index (κ2) is 6.49. The van der Waals surface area contributed by atoms with Crippen molar-refractivity contribution in [1.82, 2.24) is 29.9 Å². The first-order valence-corrected chi connectivity index (χ1v) is 7.13. The van der Waals surface area contributed by atoms with Gasteiger partial charge in [0.15, 0.2) is 0 Å². The second-order valence-corrected chi connectivity index (χ2v) is 5.81. The molecule has 0 spiro atoms. The van der Waals surface area contributed by atoms with E-state index in [9.17, 15) is 0 Å². The van der Waals surface area contributed by atoms with E-state index in [0.29, 0.717) is 0 Å². The number of likely N-dealkylation sites (N-methyl/N-ethyl adjacent to an activating group) is 1. The van der Waals surface area contributed by atoms with Crippen LogP contribution >= 0.6 is 15.9 Å². The maximum Gasteiger partial charge on any atom is 0.0920 e. The Morgan fingerprint density at radius 2 is 2.15 bits per heavy atom. The minimum Gasteiger partial charge on any atom is -0.308 e. The third-order valence-corrected chi connectivity index (χ3v) is 3.70. The molecule has 1 unspecified atom stereocenters. The van der Waals surface area contributed by atoms with Crippen LogP contribution in [0.1, 0.15) is 17.3 Å². The molecule has 0 aliphatic rings. The van der Waals surface area contributed by atoms with E-state index in [1.165, 1.54) is 0 Å². The van der Waals surface area contributed by atoms with Gasteiger partial charge in [-0.2, -0.15) is 10.2 Å². The van der Waals surface area contributed by atoms with Crippen molar-refractivity contribution in [2.24, 2.45) is 12.9 Å². The average Bonchev–Trinajstić information content (AvgIpc) is 2.97. The highest BCUT2D eigenvalue weighted by atomic mass is 79.9. The normalized spacial score (nSPS) is 13.1. The monoisotopic (exact) mass is 341 g/mol. The van der Waals surface area contributed by atoms with Crippen molar-refractivity contribution in [3.05, 3.63) is 34.3 Å². The molecule has 0 amide bonds. The largest absolute Gasteiger partial charge is 0.308 e. The maximum absolute atomic E-state index is 5.74. The highest BCUT2D eigenvalue weighted by Gasteiger charge is 2.22. The Bertz CT molecular complexity index is 560. The van der Waals surface area contributed by atoms with Crippen LogP contribution in [-0.2, 0) is 13.6 Å². The summed E-state index contributed by atoms with van der Waals surface area (Å²) in [4.78, 5) is 2.12. The molecule has 0 fully saturated rings. The van der Waals surface area contributed by atoms with Gasteiger partial charge in [-0.3, -0.25) is 15.2 Å². The molecule has 0 aliphatic heterocycles. The number of nitrogens with zero attached hydrogens (tertiary/aromatic N) is 5. The molecule has 0 saturated heterocycles. The van der Waals surface area contributed by atoms with Crippen molar-refractivity contribution >= 4 is 15.9 Å². The summed E-state index contributed by atoms with van der Waals surface area (Å²) in [6.07, 6.45) is 5.55. The number of nitrogens with one attached hydrogen (secondary N) is 1.